The van der Waals surface area contributed by atoms with Crippen LogP contribution in [-0.4, -0.2) is 25.2 Å². The van der Waals surface area contributed by atoms with E-state index in [1.807, 2.05) is 6.07 Å². The van der Waals surface area contributed by atoms with Gasteiger partial charge >= 0.3 is 11.9 Å². The van der Waals surface area contributed by atoms with Crippen LogP contribution in [-0.2, 0) is 16.0 Å². The molecule has 0 N–H and O–H groups in total. The van der Waals surface area contributed by atoms with E-state index in [-0.39, 0.29) is 12.4 Å². The maximum absolute atomic E-state index is 14.7. The third-order valence-corrected chi connectivity index (χ3v) is 7.28. The number of aryl methyl sites for hydroxylation is 1. The molecule has 0 amide bonds. The summed E-state index contributed by atoms with van der Waals surface area (Å²) in [5, 5.41) is 0. The van der Waals surface area contributed by atoms with Crippen LogP contribution in [0.4, 0.5) is 4.39 Å². The first kappa shape index (κ1) is 29.4. The Balaban J connectivity index is 1.39. The summed E-state index contributed by atoms with van der Waals surface area (Å²) in [5.41, 5.74) is 1.24. The van der Waals surface area contributed by atoms with E-state index in [1.54, 1.807) is 30.3 Å². The molecule has 0 radical (unpaired) electrons. The van der Waals surface area contributed by atoms with Crippen LogP contribution in [0, 0.1) is 17.7 Å². The van der Waals surface area contributed by atoms with Gasteiger partial charge in [0.25, 0.3) is 0 Å². The van der Waals surface area contributed by atoms with E-state index >= 15 is 0 Å². The lowest BCUT2D eigenvalue weighted by atomic mass is 9.78. The van der Waals surface area contributed by atoms with E-state index in [0.29, 0.717) is 24.3 Å². The number of benzene rings is 2. The van der Waals surface area contributed by atoms with Gasteiger partial charge < -0.3 is 14.2 Å². The van der Waals surface area contributed by atoms with Crippen molar-refractivity contribution in [1.82, 2.24) is 0 Å². The van der Waals surface area contributed by atoms with Crippen molar-refractivity contribution in [2.45, 2.75) is 77.6 Å². The van der Waals surface area contributed by atoms with Gasteiger partial charge in [-0.05, 0) is 66.6 Å². The standard InChI is InChI=1S/C32H41FO5/c1-3-5-6-8-24-9-11-25(12-10-24)13-14-26-15-20-30(29(33)23-26)38-32(35)27-16-18-28(19-17-27)36-21-7-22-37-31(34)4-2/h4,15-20,23-25H,2-3,5-14,21-22H2,1H3. The minimum absolute atomic E-state index is 0.0688. The van der Waals surface area contributed by atoms with E-state index < -0.39 is 17.8 Å². The SMILES string of the molecule is C=CC(=O)OCCCOc1ccc(C(=O)Oc2ccc(CCC3CCC(CCCCC)CC3)cc2F)cc1. The van der Waals surface area contributed by atoms with Crippen molar-refractivity contribution in [2.75, 3.05) is 13.2 Å². The molecule has 1 saturated carbocycles. The monoisotopic (exact) mass is 524 g/mol. The molecule has 3 rings (SSSR count). The largest absolute Gasteiger partial charge is 0.493 e. The summed E-state index contributed by atoms with van der Waals surface area (Å²) in [6, 6.07) is 11.3. The highest BCUT2D eigenvalue weighted by molar-refractivity contribution is 5.91. The number of halogens is 1. The highest BCUT2D eigenvalue weighted by Gasteiger charge is 2.21. The number of esters is 2. The molecule has 38 heavy (non-hydrogen) atoms. The van der Waals surface area contributed by atoms with Gasteiger partial charge in [-0.1, -0.05) is 70.9 Å². The minimum atomic E-state index is -0.629. The summed E-state index contributed by atoms with van der Waals surface area (Å²) in [6.07, 6.45) is 14.1. The molecule has 1 fully saturated rings. The van der Waals surface area contributed by atoms with Gasteiger partial charge in [-0.15, -0.1) is 0 Å². The van der Waals surface area contributed by atoms with Crippen molar-refractivity contribution in [3.8, 4) is 11.5 Å². The van der Waals surface area contributed by atoms with E-state index in [0.717, 1.165) is 36.3 Å². The molecule has 0 aromatic heterocycles. The molecule has 2 aromatic carbocycles. The number of unbranched alkanes of at least 4 members (excludes halogenated alkanes) is 2. The summed E-state index contributed by atoms with van der Waals surface area (Å²) in [5.74, 6) is 0.499. The number of carbonyl (C=O) groups is 2. The van der Waals surface area contributed by atoms with Gasteiger partial charge in [0, 0.05) is 12.5 Å². The summed E-state index contributed by atoms with van der Waals surface area (Å²) in [6.45, 7) is 6.18. The molecule has 0 heterocycles. The molecule has 6 heteroatoms. The van der Waals surface area contributed by atoms with Gasteiger partial charge in [0.05, 0.1) is 18.8 Å². The van der Waals surface area contributed by atoms with E-state index in [9.17, 15) is 14.0 Å². The molecule has 0 bridgehead atoms. The van der Waals surface area contributed by atoms with Gasteiger partial charge in [0.2, 0.25) is 0 Å². The third kappa shape index (κ3) is 9.96. The van der Waals surface area contributed by atoms with Crippen molar-refractivity contribution in [1.29, 1.82) is 0 Å². The second-order valence-corrected chi connectivity index (χ2v) is 10.2. The fourth-order valence-corrected chi connectivity index (χ4v) is 4.97. The van der Waals surface area contributed by atoms with Crippen molar-refractivity contribution in [3.63, 3.8) is 0 Å². The maximum Gasteiger partial charge on any atom is 0.343 e. The molecule has 0 saturated heterocycles. The van der Waals surface area contributed by atoms with Crippen molar-refractivity contribution >= 4 is 11.9 Å². The first-order valence-corrected chi connectivity index (χ1v) is 14.0. The first-order valence-electron chi connectivity index (χ1n) is 14.0. The predicted molar refractivity (Wildman–Crippen MR) is 147 cm³/mol. The molecule has 206 valence electrons. The average Bonchev–Trinajstić information content (AvgIpc) is 2.94. The lowest BCUT2D eigenvalue weighted by molar-refractivity contribution is -0.137. The normalized spacial score (nSPS) is 17.0. The Labute approximate surface area is 226 Å². The van der Waals surface area contributed by atoms with E-state index in [2.05, 4.69) is 13.5 Å². The molecule has 0 unspecified atom stereocenters. The predicted octanol–water partition coefficient (Wildman–Crippen LogP) is 7.86. The average molecular weight is 525 g/mol. The fraction of sp³-hybridized carbons (Fsp3) is 0.500. The van der Waals surface area contributed by atoms with Crippen molar-refractivity contribution in [3.05, 3.63) is 72.1 Å². The Morgan fingerprint density at radius 2 is 1.66 bits per heavy atom. The second-order valence-electron chi connectivity index (χ2n) is 10.2. The Morgan fingerprint density at radius 3 is 2.32 bits per heavy atom. The number of hydrogen-bond donors (Lipinski definition) is 0. The zero-order valence-electron chi connectivity index (χ0n) is 22.6. The van der Waals surface area contributed by atoms with Crippen LogP contribution in [0.25, 0.3) is 0 Å². The molecular weight excluding hydrogens is 483 g/mol. The molecule has 0 atom stereocenters. The third-order valence-electron chi connectivity index (χ3n) is 7.28. The highest BCUT2D eigenvalue weighted by atomic mass is 19.1. The number of ether oxygens (including phenoxy) is 3. The van der Waals surface area contributed by atoms with Gasteiger partial charge in [0.15, 0.2) is 11.6 Å². The molecular formula is C32H41FO5. The van der Waals surface area contributed by atoms with Crippen LogP contribution in [0.2, 0.25) is 0 Å². The molecule has 0 aliphatic heterocycles. The number of carbonyl (C=O) groups excluding carboxylic acids is 2. The molecule has 0 spiro atoms. The first-order chi connectivity index (χ1) is 18.5. The second kappa shape index (κ2) is 16.0. The Bertz CT molecular complexity index is 1020. The Morgan fingerprint density at radius 1 is 0.947 bits per heavy atom. The quantitative estimate of drug-likeness (QED) is 0.103. The Kier molecular flexibility index (Phi) is 12.3. The topological polar surface area (TPSA) is 61.8 Å². The molecule has 2 aromatic rings. The van der Waals surface area contributed by atoms with Crippen LogP contribution in [0.15, 0.2) is 55.1 Å². The van der Waals surface area contributed by atoms with Crippen LogP contribution >= 0.6 is 0 Å². The van der Waals surface area contributed by atoms with Gasteiger partial charge in [-0.2, -0.15) is 0 Å². The summed E-state index contributed by atoms with van der Waals surface area (Å²) in [7, 11) is 0. The maximum atomic E-state index is 14.7. The van der Waals surface area contributed by atoms with E-state index in [1.165, 1.54) is 57.4 Å². The van der Waals surface area contributed by atoms with Crippen LogP contribution in [0.3, 0.4) is 0 Å². The van der Waals surface area contributed by atoms with Crippen LogP contribution in [0.5, 0.6) is 11.5 Å². The van der Waals surface area contributed by atoms with Crippen molar-refractivity contribution in [2.24, 2.45) is 11.8 Å². The van der Waals surface area contributed by atoms with Gasteiger partial charge in [0.1, 0.15) is 5.75 Å². The summed E-state index contributed by atoms with van der Waals surface area (Å²) < 4.78 is 30.5. The zero-order valence-corrected chi connectivity index (χ0v) is 22.6. The van der Waals surface area contributed by atoms with Crippen LogP contribution < -0.4 is 9.47 Å². The van der Waals surface area contributed by atoms with Gasteiger partial charge in [-0.25, -0.2) is 14.0 Å². The summed E-state index contributed by atoms with van der Waals surface area (Å²) >= 11 is 0. The molecule has 1 aliphatic rings. The lowest BCUT2D eigenvalue weighted by Crippen LogP contribution is -2.15. The molecule has 5 nitrogen and oxygen atoms in total. The minimum Gasteiger partial charge on any atom is -0.493 e. The lowest BCUT2D eigenvalue weighted by Gasteiger charge is -2.28. The highest BCUT2D eigenvalue weighted by Crippen LogP contribution is 2.34. The van der Waals surface area contributed by atoms with Crippen LogP contribution in [0.1, 0.15) is 87.1 Å². The van der Waals surface area contributed by atoms with Gasteiger partial charge in [-0.3, -0.25) is 0 Å². The van der Waals surface area contributed by atoms with Crippen molar-refractivity contribution < 1.29 is 28.2 Å². The number of hydrogen-bond acceptors (Lipinski definition) is 5. The smallest absolute Gasteiger partial charge is 0.343 e. The number of rotatable bonds is 15. The Hall–Kier alpha value is -3.15. The molecule has 1 aliphatic carbocycles. The van der Waals surface area contributed by atoms with E-state index in [4.69, 9.17) is 14.2 Å². The zero-order chi connectivity index (χ0) is 27.2. The summed E-state index contributed by atoms with van der Waals surface area (Å²) in [4.78, 5) is 23.5. The fourth-order valence-electron chi connectivity index (χ4n) is 4.97.